The molecule has 1 amide bonds. The number of hydrogen-bond donors (Lipinski definition) is 1. The molecule has 0 aromatic heterocycles. The number of benzene rings is 1. The van der Waals surface area contributed by atoms with E-state index in [0.29, 0.717) is 19.6 Å². The Kier molecular flexibility index (Phi) is 4.79. The SMILES string of the molecule is COc1ccc(CN2CC(CN)OCC2=O)cc1Br. The third kappa shape index (κ3) is 3.46. The van der Waals surface area contributed by atoms with Gasteiger partial charge in [-0.2, -0.15) is 0 Å². The van der Waals surface area contributed by atoms with Gasteiger partial charge in [-0.1, -0.05) is 6.07 Å². The lowest BCUT2D eigenvalue weighted by Crippen LogP contribution is -2.48. The average Bonchev–Trinajstić information content (AvgIpc) is 2.41. The van der Waals surface area contributed by atoms with Gasteiger partial charge in [0.1, 0.15) is 12.4 Å². The number of amides is 1. The number of ether oxygens (including phenoxy) is 2. The molecule has 1 saturated heterocycles. The summed E-state index contributed by atoms with van der Waals surface area (Å²) >= 11 is 3.44. The summed E-state index contributed by atoms with van der Waals surface area (Å²) in [7, 11) is 1.62. The highest BCUT2D eigenvalue weighted by Crippen LogP contribution is 2.26. The van der Waals surface area contributed by atoms with Crippen molar-refractivity contribution in [3.05, 3.63) is 28.2 Å². The molecule has 5 nitrogen and oxygen atoms in total. The molecule has 2 rings (SSSR count). The number of nitrogens with two attached hydrogens (primary N) is 1. The molecule has 1 unspecified atom stereocenters. The molecule has 1 aromatic rings. The van der Waals surface area contributed by atoms with E-state index in [4.69, 9.17) is 15.2 Å². The Morgan fingerprint density at radius 2 is 2.37 bits per heavy atom. The van der Waals surface area contributed by atoms with Gasteiger partial charge in [0.25, 0.3) is 0 Å². The van der Waals surface area contributed by atoms with Gasteiger partial charge in [-0.15, -0.1) is 0 Å². The maximum absolute atomic E-state index is 11.8. The number of carbonyl (C=O) groups is 1. The van der Waals surface area contributed by atoms with E-state index in [1.54, 1.807) is 12.0 Å². The van der Waals surface area contributed by atoms with Gasteiger partial charge in [0.2, 0.25) is 5.91 Å². The lowest BCUT2D eigenvalue weighted by Gasteiger charge is -2.32. The van der Waals surface area contributed by atoms with Crippen molar-refractivity contribution >= 4 is 21.8 Å². The van der Waals surface area contributed by atoms with E-state index in [0.717, 1.165) is 15.8 Å². The van der Waals surface area contributed by atoms with Gasteiger partial charge in [0.15, 0.2) is 0 Å². The molecule has 0 bridgehead atoms. The van der Waals surface area contributed by atoms with Crippen molar-refractivity contribution in [1.82, 2.24) is 4.90 Å². The smallest absolute Gasteiger partial charge is 0.248 e. The lowest BCUT2D eigenvalue weighted by molar-refractivity contribution is -0.149. The molecule has 1 heterocycles. The molecule has 1 fully saturated rings. The van der Waals surface area contributed by atoms with Gasteiger partial charge in [0, 0.05) is 19.6 Å². The van der Waals surface area contributed by atoms with Crippen molar-refractivity contribution < 1.29 is 14.3 Å². The molecule has 1 atom stereocenters. The molecule has 1 aliphatic rings. The zero-order chi connectivity index (χ0) is 13.8. The summed E-state index contributed by atoms with van der Waals surface area (Å²) in [6.07, 6.45) is -0.0700. The predicted molar refractivity (Wildman–Crippen MR) is 74.9 cm³/mol. The number of morpholine rings is 1. The van der Waals surface area contributed by atoms with E-state index < -0.39 is 0 Å². The molecule has 0 saturated carbocycles. The summed E-state index contributed by atoms with van der Waals surface area (Å²) in [5.41, 5.74) is 6.62. The molecule has 0 radical (unpaired) electrons. The van der Waals surface area contributed by atoms with Gasteiger partial charge in [-0.05, 0) is 33.6 Å². The number of halogens is 1. The first kappa shape index (κ1) is 14.3. The lowest BCUT2D eigenvalue weighted by atomic mass is 10.1. The monoisotopic (exact) mass is 328 g/mol. The zero-order valence-electron chi connectivity index (χ0n) is 10.8. The highest BCUT2D eigenvalue weighted by molar-refractivity contribution is 9.10. The zero-order valence-corrected chi connectivity index (χ0v) is 12.4. The van der Waals surface area contributed by atoms with Gasteiger partial charge in [-0.3, -0.25) is 4.79 Å². The third-order valence-corrected chi connectivity index (χ3v) is 3.69. The van der Waals surface area contributed by atoms with E-state index in [2.05, 4.69) is 15.9 Å². The topological polar surface area (TPSA) is 64.8 Å². The first-order valence-electron chi connectivity index (χ1n) is 6.06. The van der Waals surface area contributed by atoms with Crippen LogP contribution in [0, 0.1) is 0 Å². The molecule has 104 valence electrons. The predicted octanol–water partition coefficient (Wildman–Crippen LogP) is 1.14. The van der Waals surface area contributed by atoms with Crippen LogP contribution >= 0.6 is 15.9 Å². The Morgan fingerprint density at radius 3 is 3.00 bits per heavy atom. The molecular formula is C13H17BrN2O3. The number of hydrogen-bond acceptors (Lipinski definition) is 4. The Morgan fingerprint density at radius 1 is 1.58 bits per heavy atom. The molecule has 19 heavy (non-hydrogen) atoms. The van der Waals surface area contributed by atoms with Crippen molar-refractivity contribution in [3.63, 3.8) is 0 Å². The minimum atomic E-state index is -0.0700. The van der Waals surface area contributed by atoms with E-state index >= 15 is 0 Å². The van der Waals surface area contributed by atoms with Crippen molar-refractivity contribution in [2.24, 2.45) is 5.73 Å². The highest BCUT2D eigenvalue weighted by Gasteiger charge is 2.25. The minimum absolute atomic E-state index is 0.00311. The van der Waals surface area contributed by atoms with Crippen LogP contribution in [0.2, 0.25) is 0 Å². The summed E-state index contributed by atoms with van der Waals surface area (Å²) in [6.45, 7) is 1.63. The Labute approximate surface area is 120 Å². The summed E-state index contributed by atoms with van der Waals surface area (Å²) in [6, 6.07) is 5.79. The van der Waals surface area contributed by atoms with Crippen LogP contribution in [0.1, 0.15) is 5.56 Å². The van der Waals surface area contributed by atoms with Crippen LogP contribution in [-0.2, 0) is 16.1 Å². The summed E-state index contributed by atoms with van der Waals surface area (Å²) < 4.78 is 11.4. The first-order chi connectivity index (χ1) is 9.13. The van der Waals surface area contributed by atoms with Gasteiger partial charge in [0.05, 0.1) is 17.7 Å². The maximum Gasteiger partial charge on any atom is 0.248 e. The Bertz CT molecular complexity index is 467. The van der Waals surface area contributed by atoms with Crippen LogP contribution in [-0.4, -0.2) is 43.7 Å². The van der Waals surface area contributed by atoms with Crippen molar-refractivity contribution in [2.75, 3.05) is 26.8 Å². The number of methoxy groups -OCH3 is 1. The highest BCUT2D eigenvalue weighted by atomic mass is 79.9. The average molecular weight is 329 g/mol. The Balaban J connectivity index is 2.07. The molecule has 2 N–H and O–H groups in total. The molecule has 0 spiro atoms. The third-order valence-electron chi connectivity index (χ3n) is 3.07. The van der Waals surface area contributed by atoms with Gasteiger partial charge < -0.3 is 20.1 Å². The van der Waals surface area contributed by atoms with E-state index in [1.165, 1.54) is 0 Å². The van der Waals surface area contributed by atoms with E-state index in [1.807, 2.05) is 18.2 Å². The molecule has 0 aliphatic carbocycles. The van der Waals surface area contributed by atoms with Crippen LogP contribution in [0.25, 0.3) is 0 Å². The standard InChI is InChI=1S/C13H17BrN2O3/c1-18-12-3-2-9(4-11(12)14)6-16-7-10(5-15)19-8-13(16)17/h2-4,10H,5-8,15H2,1H3. The van der Waals surface area contributed by atoms with E-state index in [-0.39, 0.29) is 18.6 Å². The van der Waals surface area contributed by atoms with Crippen LogP contribution in [0.5, 0.6) is 5.75 Å². The second-order valence-corrected chi connectivity index (χ2v) is 5.27. The molecule has 6 heteroatoms. The second-order valence-electron chi connectivity index (χ2n) is 4.41. The van der Waals surface area contributed by atoms with Crippen molar-refractivity contribution in [2.45, 2.75) is 12.6 Å². The fourth-order valence-corrected chi connectivity index (χ4v) is 2.59. The van der Waals surface area contributed by atoms with Crippen LogP contribution in [0.4, 0.5) is 0 Å². The summed E-state index contributed by atoms with van der Waals surface area (Å²) in [4.78, 5) is 13.6. The van der Waals surface area contributed by atoms with Crippen molar-refractivity contribution in [1.29, 1.82) is 0 Å². The fraction of sp³-hybridized carbons (Fsp3) is 0.462. The van der Waals surface area contributed by atoms with Crippen molar-refractivity contribution in [3.8, 4) is 5.75 Å². The van der Waals surface area contributed by atoms with Gasteiger partial charge in [-0.25, -0.2) is 0 Å². The normalized spacial score (nSPS) is 19.6. The molecular weight excluding hydrogens is 312 g/mol. The summed E-state index contributed by atoms with van der Waals surface area (Å²) in [5.74, 6) is 0.772. The summed E-state index contributed by atoms with van der Waals surface area (Å²) in [5, 5.41) is 0. The fourth-order valence-electron chi connectivity index (χ4n) is 2.00. The van der Waals surface area contributed by atoms with Crippen LogP contribution in [0.15, 0.2) is 22.7 Å². The molecule has 1 aromatic carbocycles. The number of rotatable bonds is 4. The van der Waals surface area contributed by atoms with Crippen LogP contribution in [0.3, 0.4) is 0 Å². The van der Waals surface area contributed by atoms with E-state index in [9.17, 15) is 4.79 Å². The number of nitrogens with zero attached hydrogens (tertiary/aromatic N) is 1. The minimum Gasteiger partial charge on any atom is -0.496 e. The first-order valence-corrected chi connectivity index (χ1v) is 6.85. The largest absolute Gasteiger partial charge is 0.496 e. The van der Waals surface area contributed by atoms with Crippen LogP contribution < -0.4 is 10.5 Å². The Hall–Kier alpha value is -1.11. The molecule has 1 aliphatic heterocycles. The second kappa shape index (κ2) is 6.36. The maximum atomic E-state index is 11.8. The number of carbonyl (C=O) groups excluding carboxylic acids is 1. The van der Waals surface area contributed by atoms with Gasteiger partial charge >= 0.3 is 0 Å². The quantitative estimate of drug-likeness (QED) is 0.900.